The predicted molar refractivity (Wildman–Crippen MR) is 132 cm³/mol. The van der Waals surface area contributed by atoms with E-state index < -0.39 is 10.0 Å². The van der Waals surface area contributed by atoms with Gasteiger partial charge in [-0.05, 0) is 70.3 Å². The van der Waals surface area contributed by atoms with E-state index in [9.17, 15) is 8.42 Å². The Morgan fingerprint density at radius 1 is 0.879 bits per heavy atom. The summed E-state index contributed by atoms with van der Waals surface area (Å²) in [4.78, 5) is 4.18. The first kappa shape index (κ1) is 22.9. The molecule has 4 rings (SSSR count). The molecule has 0 unspecified atom stereocenters. The average Bonchev–Trinajstić information content (AvgIpc) is 3.35. The fraction of sp³-hybridized carbons (Fsp3) is 0.0417. The fourth-order valence-corrected chi connectivity index (χ4v) is 4.38. The molecular formula is C24H19Cl2N3O3S. The molecule has 0 atom stereocenters. The third-order valence-corrected chi connectivity index (χ3v) is 6.57. The molecule has 0 aliphatic carbocycles. The first-order valence-corrected chi connectivity index (χ1v) is 12.1. The highest BCUT2D eigenvalue weighted by atomic mass is 35.5. The minimum absolute atomic E-state index is 0.175. The van der Waals surface area contributed by atoms with Gasteiger partial charge in [0.1, 0.15) is 0 Å². The summed E-state index contributed by atoms with van der Waals surface area (Å²) < 4.78 is 31.6. The van der Waals surface area contributed by atoms with Crippen molar-refractivity contribution in [2.75, 3.05) is 0 Å². The zero-order valence-electron chi connectivity index (χ0n) is 17.2. The maximum absolute atomic E-state index is 12.2. The normalized spacial score (nSPS) is 12.0. The quantitative estimate of drug-likeness (QED) is 0.262. The third kappa shape index (κ3) is 5.57. The summed E-state index contributed by atoms with van der Waals surface area (Å²) in [5.41, 5.74) is 10.6. The molecule has 0 spiro atoms. The van der Waals surface area contributed by atoms with E-state index >= 15 is 0 Å². The lowest BCUT2D eigenvalue weighted by molar-refractivity contribution is 0.448. The van der Waals surface area contributed by atoms with Crippen LogP contribution < -0.4 is 10.5 Å². The molecule has 0 bridgehead atoms. The van der Waals surface area contributed by atoms with Crippen molar-refractivity contribution in [2.45, 2.75) is 11.6 Å². The Labute approximate surface area is 201 Å². The largest absolute Gasteiger partial charge is 0.451 e. The maximum atomic E-state index is 12.2. The van der Waals surface area contributed by atoms with Crippen LogP contribution in [0, 0.1) is 0 Å². The van der Waals surface area contributed by atoms with E-state index in [-0.39, 0.29) is 17.6 Å². The summed E-state index contributed by atoms with van der Waals surface area (Å²) in [7, 11) is -3.92. The summed E-state index contributed by atoms with van der Waals surface area (Å²) in [6.45, 7) is 0.175. The molecule has 6 nitrogen and oxygen atoms in total. The summed E-state index contributed by atoms with van der Waals surface area (Å²) in [6.07, 6.45) is 1.27. The number of nitrogens with zero attached hydrogens (tertiary/aromatic N) is 1. The first-order chi connectivity index (χ1) is 15.8. The lowest BCUT2D eigenvalue weighted by atomic mass is 9.93. The molecule has 33 heavy (non-hydrogen) atoms. The molecule has 0 saturated heterocycles. The van der Waals surface area contributed by atoms with Crippen molar-refractivity contribution in [2.24, 2.45) is 10.7 Å². The van der Waals surface area contributed by atoms with Gasteiger partial charge in [-0.1, -0.05) is 59.6 Å². The molecule has 0 aliphatic rings. The summed E-state index contributed by atoms with van der Waals surface area (Å²) in [5, 5.41) is 1.06. The highest BCUT2D eigenvalue weighted by molar-refractivity contribution is 7.89. The Morgan fingerprint density at radius 2 is 1.48 bits per heavy atom. The van der Waals surface area contributed by atoms with Gasteiger partial charge in [-0.15, -0.1) is 0 Å². The van der Waals surface area contributed by atoms with Crippen LogP contribution in [0.25, 0.3) is 22.3 Å². The van der Waals surface area contributed by atoms with Crippen LogP contribution in [-0.2, 0) is 16.6 Å². The minimum Gasteiger partial charge on any atom is -0.451 e. The topological polar surface area (TPSA) is 97.7 Å². The molecule has 3 N–H and O–H groups in total. The molecular weight excluding hydrogens is 481 g/mol. The van der Waals surface area contributed by atoms with Gasteiger partial charge in [-0.25, -0.2) is 9.71 Å². The molecule has 3 aromatic carbocycles. The number of rotatable bonds is 6. The van der Waals surface area contributed by atoms with Crippen molar-refractivity contribution in [1.82, 2.24) is 4.72 Å². The standard InChI is InChI=1S/C24H19Cl2N3O3S/c25-19-8-4-17(5-9-19)21-12-3-16(14-22(21)18-6-10-20(26)11-7-18)15-28-24(27)29-33(30,31)23-2-1-13-32-23/h1-14H,15H2,(H3,27,28,29). The highest BCUT2D eigenvalue weighted by Crippen LogP contribution is 2.34. The van der Waals surface area contributed by atoms with Gasteiger partial charge in [-0.3, -0.25) is 0 Å². The smallest absolute Gasteiger partial charge is 0.297 e. The Kier molecular flexibility index (Phi) is 6.74. The third-order valence-electron chi connectivity index (χ3n) is 4.83. The zero-order chi connectivity index (χ0) is 23.4. The number of hydrogen-bond donors (Lipinski definition) is 2. The van der Waals surface area contributed by atoms with Crippen molar-refractivity contribution in [1.29, 1.82) is 0 Å². The number of halogens is 2. The number of guanidine groups is 1. The monoisotopic (exact) mass is 499 g/mol. The molecule has 0 radical (unpaired) electrons. The van der Waals surface area contributed by atoms with Crippen LogP contribution in [0.15, 0.2) is 99.6 Å². The van der Waals surface area contributed by atoms with E-state index in [1.165, 1.54) is 18.4 Å². The Bertz CT molecular complexity index is 1380. The van der Waals surface area contributed by atoms with E-state index in [1.54, 1.807) is 0 Å². The molecule has 0 aliphatic heterocycles. The van der Waals surface area contributed by atoms with E-state index in [1.807, 2.05) is 66.7 Å². The summed E-state index contributed by atoms with van der Waals surface area (Å²) in [5.74, 6) is -0.235. The first-order valence-electron chi connectivity index (χ1n) is 9.83. The molecule has 0 saturated carbocycles. The molecule has 0 fully saturated rings. The molecule has 0 amide bonds. The van der Waals surface area contributed by atoms with Crippen LogP contribution >= 0.6 is 23.2 Å². The van der Waals surface area contributed by atoms with Crippen molar-refractivity contribution in [3.63, 3.8) is 0 Å². The molecule has 168 valence electrons. The van der Waals surface area contributed by atoms with Crippen molar-refractivity contribution in [3.05, 3.63) is 101 Å². The van der Waals surface area contributed by atoms with Crippen molar-refractivity contribution in [3.8, 4) is 22.3 Å². The van der Waals surface area contributed by atoms with Crippen molar-refractivity contribution >= 4 is 39.2 Å². The minimum atomic E-state index is -3.92. The molecule has 4 aromatic rings. The number of aliphatic imine (C=N–C) groups is 1. The Morgan fingerprint density at radius 3 is 2.06 bits per heavy atom. The van der Waals surface area contributed by atoms with Crippen LogP contribution in [0.5, 0.6) is 0 Å². The van der Waals surface area contributed by atoms with Gasteiger partial charge < -0.3 is 10.2 Å². The number of nitrogens with one attached hydrogen (secondary N) is 1. The number of furan rings is 1. The second kappa shape index (κ2) is 9.70. The van der Waals surface area contributed by atoms with Gasteiger partial charge >= 0.3 is 0 Å². The predicted octanol–water partition coefficient (Wildman–Crippen LogP) is 5.71. The van der Waals surface area contributed by atoms with Crippen LogP contribution in [0.4, 0.5) is 0 Å². The molecule has 1 aromatic heterocycles. The second-order valence-electron chi connectivity index (χ2n) is 7.13. The average molecular weight is 500 g/mol. The molecule has 1 heterocycles. The van der Waals surface area contributed by atoms with Gasteiger partial charge in [0.15, 0.2) is 0 Å². The van der Waals surface area contributed by atoms with E-state index in [4.69, 9.17) is 33.4 Å². The number of benzene rings is 3. The van der Waals surface area contributed by atoms with E-state index in [0.29, 0.717) is 10.0 Å². The van der Waals surface area contributed by atoms with Gasteiger partial charge in [-0.2, -0.15) is 8.42 Å². The molecule has 9 heteroatoms. The number of sulfonamides is 1. The number of hydrogen-bond acceptors (Lipinski definition) is 4. The van der Waals surface area contributed by atoms with Crippen molar-refractivity contribution < 1.29 is 12.8 Å². The Balaban J connectivity index is 1.64. The Hall–Kier alpha value is -3.26. The number of nitrogens with two attached hydrogens (primary N) is 1. The lowest BCUT2D eigenvalue weighted by Gasteiger charge is -2.13. The lowest BCUT2D eigenvalue weighted by Crippen LogP contribution is -2.36. The van der Waals surface area contributed by atoms with Gasteiger partial charge in [0.05, 0.1) is 12.8 Å². The summed E-state index contributed by atoms with van der Waals surface area (Å²) >= 11 is 12.1. The van der Waals surface area contributed by atoms with Gasteiger partial charge in [0.25, 0.3) is 10.0 Å². The highest BCUT2D eigenvalue weighted by Gasteiger charge is 2.18. The SMILES string of the molecule is NC(=NCc1ccc(-c2ccc(Cl)cc2)c(-c2ccc(Cl)cc2)c1)NS(=O)(=O)c1ccco1. The summed E-state index contributed by atoms with van der Waals surface area (Å²) in [6, 6.07) is 23.8. The van der Waals surface area contributed by atoms with Crippen LogP contribution in [0.3, 0.4) is 0 Å². The van der Waals surface area contributed by atoms with Crippen LogP contribution in [0.1, 0.15) is 5.56 Å². The maximum Gasteiger partial charge on any atom is 0.297 e. The van der Waals surface area contributed by atoms with Gasteiger partial charge in [0, 0.05) is 10.0 Å². The van der Waals surface area contributed by atoms with Crippen LogP contribution in [0.2, 0.25) is 10.0 Å². The fourth-order valence-electron chi connectivity index (χ4n) is 3.25. The van der Waals surface area contributed by atoms with Crippen LogP contribution in [-0.4, -0.2) is 14.4 Å². The van der Waals surface area contributed by atoms with Gasteiger partial charge in [0.2, 0.25) is 11.1 Å². The van der Waals surface area contributed by atoms with E-state index in [0.717, 1.165) is 27.8 Å². The van der Waals surface area contributed by atoms with E-state index in [2.05, 4.69) is 9.71 Å². The zero-order valence-corrected chi connectivity index (χ0v) is 19.5. The second-order valence-corrected chi connectivity index (χ2v) is 9.62.